The molecule has 0 aromatic heterocycles. The maximum Gasteiger partial charge on any atom is 0.229 e. The molecule has 0 spiro atoms. The molecule has 2 aliphatic rings. The normalized spacial score (nSPS) is 19.7. The average Bonchev–Trinajstić information content (AvgIpc) is 3.10. The van der Waals surface area contributed by atoms with E-state index < -0.39 is 0 Å². The molecule has 4 rings (SSSR count). The van der Waals surface area contributed by atoms with Gasteiger partial charge in [-0.3, -0.25) is 4.79 Å². The van der Waals surface area contributed by atoms with Crippen LogP contribution >= 0.6 is 0 Å². The third-order valence-electron chi connectivity index (χ3n) is 4.55. The van der Waals surface area contributed by atoms with Gasteiger partial charge in [-0.15, -0.1) is 0 Å². The molecule has 0 fully saturated rings. The number of hydrogen-bond donors (Lipinski definition) is 2. The highest BCUT2D eigenvalue weighted by molar-refractivity contribution is 5.88. The van der Waals surface area contributed by atoms with Crippen LogP contribution in [0.15, 0.2) is 48.5 Å². The number of carbonyl (C=O) groups is 1. The topological polar surface area (TPSA) is 41.1 Å². The predicted molar refractivity (Wildman–Crippen MR) is 83.5 cm³/mol. The summed E-state index contributed by atoms with van der Waals surface area (Å²) in [6.45, 7) is 0.699. The summed E-state index contributed by atoms with van der Waals surface area (Å²) < 4.78 is 0. The van der Waals surface area contributed by atoms with E-state index in [1.165, 1.54) is 11.1 Å². The molecular weight excluding hydrogens is 260 g/mol. The number of carbonyl (C=O) groups excluding carboxylic acids is 1. The standard InChI is InChI=1S/C18H18N2O/c21-18(16-11-19-17-8-4-3-7-15(16)17)20-14-9-12-5-1-2-6-13(12)10-14/h1-8,14,16,19H,9-11H2,(H,20,21). The molecule has 0 saturated heterocycles. The molecule has 2 aromatic rings. The van der Waals surface area contributed by atoms with Crippen LogP contribution in [0.4, 0.5) is 5.69 Å². The number of para-hydroxylation sites is 1. The van der Waals surface area contributed by atoms with Gasteiger partial charge in [-0.25, -0.2) is 0 Å². The summed E-state index contributed by atoms with van der Waals surface area (Å²) in [4.78, 5) is 12.6. The van der Waals surface area contributed by atoms with Gasteiger partial charge in [-0.2, -0.15) is 0 Å². The van der Waals surface area contributed by atoms with E-state index in [0.29, 0.717) is 6.54 Å². The molecule has 2 N–H and O–H groups in total. The zero-order valence-electron chi connectivity index (χ0n) is 11.8. The molecule has 2 aromatic carbocycles. The third-order valence-corrected chi connectivity index (χ3v) is 4.55. The smallest absolute Gasteiger partial charge is 0.229 e. The van der Waals surface area contributed by atoms with Crippen LogP contribution in [-0.4, -0.2) is 18.5 Å². The number of hydrogen-bond acceptors (Lipinski definition) is 2. The van der Waals surface area contributed by atoms with Crippen molar-refractivity contribution in [1.82, 2.24) is 5.32 Å². The van der Waals surface area contributed by atoms with Crippen molar-refractivity contribution in [3.63, 3.8) is 0 Å². The van der Waals surface area contributed by atoms with E-state index >= 15 is 0 Å². The Bertz CT molecular complexity index is 670. The summed E-state index contributed by atoms with van der Waals surface area (Å²) in [5, 5.41) is 6.54. The second kappa shape index (κ2) is 4.92. The molecule has 1 amide bonds. The molecular formula is C18H18N2O. The molecule has 0 radical (unpaired) electrons. The van der Waals surface area contributed by atoms with E-state index in [-0.39, 0.29) is 17.9 Å². The van der Waals surface area contributed by atoms with E-state index in [1.807, 2.05) is 24.3 Å². The highest BCUT2D eigenvalue weighted by Crippen LogP contribution is 2.31. The molecule has 0 saturated carbocycles. The molecule has 3 heteroatoms. The van der Waals surface area contributed by atoms with Gasteiger partial charge in [0.05, 0.1) is 5.92 Å². The summed E-state index contributed by atoms with van der Waals surface area (Å²) in [6.07, 6.45) is 1.90. The number of anilines is 1. The second-order valence-electron chi connectivity index (χ2n) is 5.90. The monoisotopic (exact) mass is 278 g/mol. The lowest BCUT2D eigenvalue weighted by Crippen LogP contribution is -2.39. The van der Waals surface area contributed by atoms with Crippen LogP contribution in [-0.2, 0) is 17.6 Å². The first-order valence-corrected chi connectivity index (χ1v) is 7.51. The Hall–Kier alpha value is -2.29. The zero-order chi connectivity index (χ0) is 14.2. The molecule has 1 aliphatic heterocycles. The Balaban J connectivity index is 1.47. The second-order valence-corrected chi connectivity index (χ2v) is 5.90. The van der Waals surface area contributed by atoms with Gasteiger partial charge >= 0.3 is 0 Å². The van der Waals surface area contributed by atoms with E-state index in [9.17, 15) is 4.79 Å². The molecule has 106 valence electrons. The van der Waals surface area contributed by atoms with E-state index in [4.69, 9.17) is 0 Å². The van der Waals surface area contributed by atoms with Crippen molar-refractivity contribution in [3.8, 4) is 0 Å². The first kappa shape index (κ1) is 12.5. The molecule has 21 heavy (non-hydrogen) atoms. The summed E-state index contributed by atoms with van der Waals surface area (Å²) >= 11 is 0. The minimum absolute atomic E-state index is 0.0649. The Kier molecular flexibility index (Phi) is 2.92. The molecule has 1 unspecified atom stereocenters. The Labute approximate surface area is 124 Å². The number of benzene rings is 2. The van der Waals surface area contributed by atoms with Crippen molar-refractivity contribution in [2.24, 2.45) is 0 Å². The number of rotatable bonds is 2. The minimum Gasteiger partial charge on any atom is -0.384 e. The van der Waals surface area contributed by atoms with E-state index in [2.05, 4.69) is 34.9 Å². The van der Waals surface area contributed by atoms with E-state index in [0.717, 1.165) is 24.1 Å². The number of fused-ring (bicyclic) bond motifs is 2. The SMILES string of the molecule is O=C(NC1Cc2ccccc2C1)C1CNc2ccccc21. The van der Waals surface area contributed by atoms with Gasteiger partial charge in [0.25, 0.3) is 0 Å². The highest BCUT2D eigenvalue weighted by atomic mass is 16.2. The van der Waals surface area contributed by atoms with Gasteiger partial charge in [0, 0.05) is 18.3 Å². The molecule has 1 heterocycles. The average molecular weight is 278 g/mol. The first-order valence-electron chi connectivity index (χ1n) is 7.51. The Morgan fingerprint density at radius 1 is 1.00 bits per heavy atom. The van der Waals surface area contributed by atoms with Crippen LogP contribution in [0.3, 0.4) is 0 Å². The quantitative estimate of drug-likeness (QED) is 0.886. The van der Waals surface area contributed by atoms with Crippen LogP contribution < -0.4 is 10.6 Å². The molecule has 1 atom stereocenters. The fourth-order valence-corrected chi connectivity index (χ4v) is 3.48. The van der Waals surface area contributed by atoms with E-state index in [1.54, 1.807) is 0 Å². The summed E-state index contributed by atoms with van der Waals surface area (Å²) in [7, 11) is 0. The lowest BCUT2D eigenvalue weighted by atomic mass is 10.00. The van der Waals surface area contributed by atoms with Gasteiger partial charge in [-0.05, 0) is 35.6 Å². The maximum absolute atomic E-state index is 12.6. The maximum atomic E-state index is 12.6. The van der Waals surface area contributed by atoms with Crippen molar-refractivity contribution in [2.45, 2.75) is 24.8 Å². The van der Waals surface area contributed by atoms with Gasteiger partial charge in [0.2, 0.25) is 5.91 Å². The Morgan fingerprint density at radius 2 is 1.67 bits per heavy atom. The largest absolute Gasteiger partial charge is 0.384 e. The third kappa shape index (κ3) is 2.19. The van der Waals surface area contributed by atoms with Crippen LogP contribution in [0.5, 0.6) is 0 Å². The van der Waals surface area contributed by atoms with Crippen LogP contribution in [0, 0.1) is 0 Å². The summed E-state index contributed by atoms with van der Waals surface area (Å²) in [6, 6.07) is 16.8. The highest BCUT2D eigenvalue weighted by Gasteiger charge is 2.31. The van der Waals surface area contributed by atoms with Gasteiger partial charge < -0.3 is 10.6 Å². The summed E-state index contributed by atoms with van der Waals surface area (Å²) in [5.74, 6) is 0.0789. The van der Waals surface area contributed by atoms with Crippen molar-refractivity contribution in [2.75, 3.05) is 11.9 Å². The lowest BCUT2D eigenvalue weighted by Gasteiger charge is -2.16. The van der Waals surface area contributed by atoms with Crippen LogP contribution in [0.25, 0.3) is 0 Å². The summed E-state index contributed by atoms with van der Waals surface area (Å²) in [5.41, 5.74) is 4.94. The van der Waals surface area contributed by atoms with Gasteiger partial charge in [0.15, 0.2) is 0 Å². The zero-order valence-corrected chi connectivity index (χ0v) is 11.8. The number of nitrogens with one attached hydrogen (secondary N) is 2. The van der Waals surface area contributed by atoms with Crippen LogP contribution in [0.2, 0.25) is 0 Å². The lowest BCUT2D eigenvalue weighted by molar-refractivity contribution is -0.122. The minimum atomic E-state index is -0.0649. The van der Waals surface area contributed by atoms with Crippen LogP contribution in [0.1, 0.15) is 22.6 Å². The van der Waals surface area contributed by atoms with Crippen molar-refractivity contribution in [3.05, 3.63) is 65.2 Å². The predicted octanol–water partition coefficient (Wildman–Crippen LogP) is 2.48. The Morgan fingerprint density at radius 3 is 2.43 bits per heavy atom. The van der Waals surface area contributed by atoms with Gasteiger partial charge in [-0.1, -0.05) is 42.5 Å². The van der Waals surface area contributed by atoms with Crippen molar-refractivity contribution in [1.29, 1.82) is 0 Å². The van der Waals surface area contributed by atoms with Gasteiger partial charge in [0.1, 0.15) is 0 Å². The first-order chi connectivity index (χ1) is 10.3. The van der Waals surface area contributed by atoms with Crippen molar-refractivity contribution >= 4 is 11.6 Å². The molecule has 0 bridgehead atoms. The van der Waals surface area contributed by atoms with Crippen molar-refractivity contribution < 1.29 is 4.79 Å². The molecule has 3 nitrogen and oxygen atoms in total. The molecule has 1 aliphatic carbocycles. The number of amides is 1. The fraction of sp³-hybridized carbons (Fsp3) is 0.278. The fourth-order valence-electron chi connectivity index (χ4n) is 3.48.